The van der Waals surface area contributed by atoms with E-state index in [0.717, 1.165) is 6.07 Å². The van der Waals surface area contributed by atoms with E-state index in [0.29, 0.717) is 11.4 Å². The minimum absolute atomic E-state index is 0. The van der Waals surface area contributed by atoms with Crippen LogP contribution < -0.4 is 5.73 Å². The Morgan fingerprint density at radius 2 is 2.00 bits per heavy atom. The van der Waals surface area contributed by atoms with Crippen molar-refractivity contribution in [1.29, 1.82) is 0 Å². The summed E-state index contributed by atoms with van der Waals surface area (Å²) in [6.45, 7) is 1.71. The van der Waals surface area contributed by atoms with Crippen LogP contribution in [0, 0.1) is 18.6 Å². The second kappa shape index (κ2) is 4.49. The van der Waals surface area contributed by atoms with E-state index in [2.05, 4.69) is 5.10 Å². The van der Waals surface area contributed by atoms with E-state index in [1.807, 2.05) is 0 Å². The Morgan fingerprint density at radius 1 is 1.31 bits per heavy atom. The van der Waals surface area contributed by atoms with Crippen LogP contribution in [0.3, 0.4) is 0 Å². The first-order valence-electron chi connectivity index (χ1n) is 4.35. The highest BCUT2D eigenvalue weighted by atomic mass is 35.5. The Bertz CT molecular complexity index is 511. The summed E-state index contributed by atoms with van der Waals surface area (Å²) in [5, 5.41) is 3.91. The van der Waals surface area contributed by atoms with Crippen LogP contribution in [0.2, 0.25) is 0 Å². The molecule has 0 aliphatic carbocycles. The minimum atomic E-state index is -0.666. The average Bonchev–Trinajstić information content (AvgIpc) is 2.49. The number of hydrogen-bond acceptors (Lipinski definition) is 2. The molecule has 2 rings (SSSR count). The molecule has 0 fully saturated rings. The van der Waals surface area contributed by atoms with Crippen molar-refractivity contribution in [2.75, 3.05) is 5.73 Å². The number of anilines is 1. The molecule has 0 bridgehead atoms. The van der Waals surface area contributed by atoms with E-state index in [9.17, 15) is 8.78 Å². The highest BCUT2D eigenvalue weighted by molar-refractivity contribution is 5.85. The molecule has 0 amide bonds. The minimum Gasteiger partial charge on any atom is -0.396 e. The summed E-state index contributed by atoms with van der Waals surface area (Å²) in [5.74, 6) is -1.28. The number of aromatic nitrogens is 2. The molecular formula is C10H10ClF2N3. The van der Waals surface area contributed by atoms with Gasteiger partial charge in [0.1, 0.15) is 11.5 Å². The van der Waals surface area contributed by atoms with Gasteiger partial charge in [-0.25, -0.2) is 13.5 Å². The molecule has 0 unspecified atom stereocenters. The Hall–Kier alpha value is -1.62. The van der Waals surface area contributed by atoms with Gasteiger partial charge in [-0.15, -0.1) is 12.4 Å². The summed E-state index contributed by atoms with van der Waals surface area (Å²) in [6.07, 6.45) is 1.43. The molecule has 16 heavy (non-hydrogen) atoms. The fourth-order valence-corrected chi connectivity index (χ4v) is 1.32. The lowest BCUT2D eigenvalue weighted by Gasteiger charge is -2.05. The quantitative estimate of drug-likeness (QED) is 0.839. The number of rotatable bonds is 1. The smallest absolute Gasteiger partial charge is 0.151 e. The van der Waals surface area contributed by atoms with Crippen molar-refractivity contribution in [2.45, 2.75) is 6.92 Å². The van der Waals surface area contributed by atoms with Crippen LogP contribution in [0.4, 0.5) is 14.5 Å². The Morgan fingerprint density at radius 3 is 2.50 bits per heavy atom. The monoisotopic (exact) mass is 245 g/mol. The molecule has 0 spiro atoms. The van der Waals surface area contributed by atoms with Crippen LogP contribution in [0.5, 0.6) is 0 Å². The maximum atomic E-state index is 13.4. The van der Waals surface area contributed by atoms with Crippen molar-refractivity contribution in [1.82, 2.24) is 9.78 Å². The molecular weight excluding hydrogens is 236 g/mol. The van der Waals surface area contributed by atoms with Gasteiger partial charge < -0.3 is 5.73 Å². The third kappa shape index (κ3) is 1.99. The summed E-state index contributed by atoms with van der Waals surface area (Å²) in [6, 6.07) is 3.31. The van der Waals surface area contributed by atoms with Crippen LogP contribution in [-0.4, -0.2) is 9.78 Å². The van der Waals surface area contributed by atoms with Gasteiger partial charge in [-0.3, -0.25) is 0 Å². The van der Waals surface area contributed by atoms with Gasteiger partial charge in [-0.2, -0.15) is 5.10 Å². The Balaban J connectivity index is 0.00000128. The van der Waals surface area contributed by atoms with Gasteiger partial charge in [0.05, 0.1) is 17.6 Å². The first-order valence-corrected chi connectivity index (χ1v) is 4.35. The number of halogens is 3. The van der Waals surface area contributed by atoms with Gasteiger partial charge in [0.2, 0.25) is 0 Å². The van der Waals surface area contributed by atoms with Gasteiger partial charge in [0.15, 0.2) is 5.82 Å². The van der Waals surface area contributed by atoms with Gasteiger partial charge in [0.25, 0.3) is 0 Å². The second-order valence-corrected chi connectivity index (χ2v) is 3.19. The van der Waals surface area contributed by atoms with E-state index >= 15 is 0 Å². The van der Waals surface area contributed by atoms with Crippen LogP contribution in [0.15, 0.2) is 24.4 Å². The van der Waals surface area contributed by atoms with Crippen LogP contribution >= 0.6 is 12.4 Å². The maximum absolute atomic E-state index is 13.4. The zero-order valence-electron chi connectivity index (χ0n) is 8.45. The summed E-state index contributed by atoms with van der Waals surface area (Å²) in [4.78, 5) is 0. The lowest BCUT2D eigenvalue weighted by atomic mass is 10.3. The van der Waals surface area contributed by atoms with Crippen LogP contribution in [-0.2, 0) is 0 Å². The molecule has 3 nitrogen and oxygen atoms in total. The largest absolute Gasteiger partial charge is 0.396 e. The molecule has 1 heterocycles. The van der Waals surface area contributed by atoms with Gasteiger partial charge in [-0.05, 0) is 19.1 Å². The predicted molar refractivity (Wildman–Crippen MR) is 59.9 cm³/mol. The zero-order valence-corrected chi connectivity index (χ0v) is 9.26. The van der Waals surface area contributed by atoms with E-state index in [4.69, 9.17) is 5.73 Å². The molecule has 2 N–H and O–H groups in total. The summed E-state index contributed by atoms with van der Waals surface area (Å²) in [5.41, 5.74) is 6.86. The molecule has 0 aliphatic heterocycles. The van der Waals surface area contributed by atoms with Crippen molar-refractivity contribution >= 4 is 18.1 Å². The highest BCUT2D eigenvalue weighted by Crippen LogP contribution is 2.18. The van der Waals surface area contributed by atoms with Crippen LogP contribution in [0.25, 0.3) is 5.69 Å². The number of benzene rings is 1. The van der Waals surface area contributed by atoms with Crippen molar-refractivity contribution in [3.63, 3.8) is 0 Å². The van der Waals surface area contributed by atoms with E-state index in [1.165, 1.54) is 23.0 Å². The lowest BCUT2D eigenvalue weighted by molar-refractivity contribution is 0.572. The molecule has 6 heteroatoms. The first-order chi connectivity index (χ1) is 7.09. The number of nitrogen functional groups attached to an aromatic ring is 1. The summed E-state index contributed by atoms with van der Waals surface area (Å²) < 4.78 is 27.4. The third-order valence-corrected chi connectivity index (χ3v) is 2.19. The van der Waals surface area contributed by atoms with Gasteiger partial charge in [0, 0.05) is 6.07 Å². The molecule has 0 radical (unpaired) electrons. The molecule has 86 valence electrons. The summed E-state index contributed by atoms with van der Waals surface area (Å²) >= 11 is 0. The average molecular weight is 246 g/mol. The van der Waals surface area contributed by atoms with Crippen molar-refractivity contribution in [2.24, 2.45) is 0 Å². The highest BCUT2D eigenvalue weighted by Gasteiger charge is 2.10. The van der Waals surface area contributed by atoms with Crippen molar-refractivity contribution < 1.29 is 8.78 Å². The fraction of sp³-hybridized carbons (Fsp3) is 0.100. The van der Waals surface area contributed by atoms with Gasteiger partial charge >= 0.3 is 0 Å². The topological polar surface area (TPSA) is 43.8 Å². The Labute approximate surface area is 97.3 Å². The first kappa shape index (κ1) is 12.4. The van der Waals surface area contributed by atoms with Gasteiger partial charge in [-0.1, -0.05) is 0 Å². The molecule has 0 saturated carbocycles. The summed E-state index contributed by atoms with van der Waals surface area (Å²) in [7, 11) is 0. The second-order valence-electron chi connectivity index (χ2n) is 3.19. The molecule has 0 atom stereocenters. The molecule has 2 aromatic rings. The van der Waals surface area contributed by atoms with Crippen LogP contribution in [0.1, 0.15) is 5.69 Å². The molecule has 1 aromatic heterocycles. The predicted octanol–water partition coefficient (Wildman–Crippen LogP) is 2.46. The molecule has 0 saturated heterocycles. The van der Waals surface area contributed by atoms with Crippen molar-refractivity contribution in [3.8, 4) is 5.69 Å². The van der Waals surface area contributed by atoms with E-state index in [-0.39, 0.29) is 18.1 Å². The number of nitrogens with zero attached hydrogens (tertiary/aromatic N) is 2. The standard InChI is InChI=1S/C10H9F2N3.ClH/c1-6-9(13)5-14-15(6)10-3-2-7(11)4-8(10)12;/h2-5H,13H2,1H3;1H. The number of hydrogen-bond donors (Lipinski definition) is 1. The van der Waals surface area contributed by atoms with E-state index in [1.54, 1.807) is 6.92 Å². The lowest BCUT2D eigenvalue weighted by Crippen LogP contribution is -2.02. The zero-order chi connectivity index (χ0) is 11.0. The maximum Gasteiger partial charge on any atom is 0.151 e. The molecule has 0 aliphatic rings. The van der Waals surface area contributed by atoms with E-state index < -0.39 is 11.6 Å². The fourth-order valence-electron chi connectivity index (χ4n) is 1.32. The Kier molecular flexibility index (Phi) is 3.49. The SMILES string of the molecule is Cc1c(N)cnn1-c1ccc(F)cc1F.Cl. The third-order valence-electron chi connectivity index (χ3n) is 2.19. The van der Waals surface area contributed by atoms with Crippen molar-refractivity contribution in [3.05, 3.63) is 41.7 Å². The molecule has 1 aromatic carbocycles. The number of nitrogens with two attached hydrogens (primary N) is 1. The normalized spacial score (nSPS) is 9.94.